The van der Waals surface area contributed by atoms with Crippen LogP contribution in [-0.2, 0) is 9.53 Å². The van der Waals surface area contributed by atoms with Gasteiger partial charge in [-0.25, -0.2) is 0 Å². The third-order valence-electron chi connectivity index (χ3n) is 5.10. The van der Waals surface area contributed by atoms with Crippen LogP contribution < -0.4 is 5.73 Å². The van der Waals surface area contributed by atoms with Gasteiger partial charge in [0.15, 0.2) is 0 Å². The topological polar surface area (TPSA) is 52.3 Å². The minimum absolute atomic E-state index is 0. The van der Waals surface area contributed by atoms with Gasteiger partial charge in [0.25, 0.3) is 0 Å². The smallest absolute Gasteiger partial charge is 0.305 e. The van der Waals surface area contributed by atoms with E-state index in [2.05, 4.69) is 6.92 Å². The van der Waals surface area contributed by atoms with Crippen LogP contribution >= 0.6 is 12.4 Å². The summed E-state index contributed by atoms with van der Waals surface area (Å²) in [5.74, 6) is -0.0209. The Bertz CT molecular complexity index is 288. The minimum atomic E-state index is -0.0209. The summed E-state index contributed by atoms with van der Waals surface area (Å²) in [5, 5.41) is 0. The lowest BCUT2D eigenvalue weighted by Crippen LogP contribution is -2.06. The molecule has 0 saturated heterocycles. The second-order valence-corrected chi connectivity index (χ2v) is 7.77. The highest BCUT2D eigenvalue weighted by Gasteiger charge is 2.02. The number of nitrogens with two attached hydrogens (primary N) is 1. The standard InChI is InChI=1S/C23H47NO2.ClH/c1-2-3-4-5-6-7-8-9-10-11-12-13-14-15-17-20-23(25)26-22-19-16-18-21-24;/h2-22,24H2,1H3;1H. The van der Waals surface area contributed by atoms with Gasteiger partial charge in [0.05, 0.1) is 6.61 Å². The van der Waals surface area contributed by atoms with Crippen LogP contribution in [0.1, 0.15) is 129 Å². The van der Waals surface area contributed by atoms with Gasteiger partial charge in [0, 0.05) is 6.42 Å². The van der Waals surface area contributed by atoms with Crippen molar-refractivity contribution < 1.29 is 9.53 Å². The summed E-state index contributed by atoms with van der Waals surface area (Å²) in [4.78, 5) is 11.6. The average molecular weight is 406 g/mol. The van der Waals surface area contributed by atoms with Crippen LogP contribution in [0.4, 0.5) is 0 Å². The van der Waals surface area contributed by atoms with Gasteiger partial charge in [-0.1, -0.05) is 96.8 Å². The summed E-state index contributed by atoms with van der Waals surface area (Å²) in [5.41, 5.74) is 5.43. The highest BCUT2D eigenvalue weighted by molar-refractivity contribution is 5.85. The van der Waals surface area contributed by atoms with Gasteiger partial charge in [-0.2, -0.15) is 0 Å². The summed E-state index contributed by atoms with van der Waals surface area (Å²) < 4.78 is 5.23. The number of hydrogen-bond acceptors (Lipinski definition) is 3. The second kappa shape index (κ2) is 25.7. The van der Waals surface area contributed by atoms with Gasteiger partial charge < -0.3 is 10.5 Å². The SMILES string of the molecule is CCCCCCCCCCCCCCCCCC(=O)OCCCCCN.Cl. The third-order valence-corrected chi connectivity index (χ3v) is 5.10. The average Bonchev–Trinajstić information content (AvgIpc) is 2.64. The number of hydrogen-bond donors (Lipinski definition) is 1. The molecule has 0 aromatic rings. The van der Waals surface area contributed by atoms with Crippen LogP contribution in [-0.4, -0.2) is 19.1 Å². The number of ether oxygens (including phenoxy) is 1. The molecule has 0 radical (unpaired) electrons. The van der Waals surface area contributed by atoms with E-state index in [-0.39, 0.29) is 18.4 Å². The molecule has 0 heterocycles. The molecule has 0 rings (SSSR count). The van der Waals surface area contributed by atoms with E-state index < -0.39 is 0 Å². The first-order valence-electron chi connectivity index (χ1n) is 11.7. The Morgan fingerprint density at radius 3 is 1.48 bits per heavy atom. The Balaban J connectivity index is 0. The maximum Gasteiger partial charge on any atom is 0.305 e. The molecular formula is C23H48ClNO2. The molecule has 27 heavy (non-hydrogen) atoms. The molecule has 4 heteroatoms. The molecule has 0 aliphatic rings. The summed E-state index contributed by atoms with van der Waals surface area (Å²) in [7, 11) is 0. The highest BCUT2D eigenvalue weighted by atomic mass is 35.5. The first-order valence-corrected chi connectivity index (χ1v) is 11.7. The van der Waals surface area contributed by atoms with Crippen LogP contribution in [0.15, 0.2) is 0 Å². The number of carbonyl (C=O) groups is 1. The van der Waals surface area contributed by atoms with Crippen molar-refractivity contribution in [1.82, 2.24) is 0 Å². The summed E-state index contributed by atoms with van der Waals surface area (Å²) in [6.45, 7) is 3.58. The number of esters is 1. The monoisotopic (exact) mass is 405 g/mol. The van der Waals surface area contributed by atoms with E-state index in [1.807, 2.05) is 0 Å². The van der Waals surface area contributed by atoms with E-state index in [1.54, 1.807) is 0 Å². The van der Waals surface area contributed by atoms with Gasteiger partial charge in [-0.15, -0.1) is 12.4 Å². The molecule has 0 aromatic carbocycles. The highest BCUT2D eigenvalue weighted by Crippen LogP contribution is 2.13. The number of carbonyl (C=O) groups excluding carboxylic acids is 1. The van der Waals surface area contributed by atoms with Crippen molar-refractivity contribution in [2.45, 2.75) is 129 Å². The van der Waals surface area contributed by atoms with Gasteiger partial charge >= 0.3 is 5.97 Å². The minimum Gasteiger partial charge on any atom is -0.466 e. The molecular weight excluding hydrogens is 358 g/mol. The van der Waals surface area contributed by atoms with E-state index in [0.717, 1.165) is 32.2 Å². The van der Waals surface area contributed by atoms with Gasteiger partial charge in [0.2, 0.25) is 0 Å². The molecule has 2 N–H and O–H groups in total. The fourth-order valence-corrected chi connectivity index (χ4v) is 3.32. The van der Waals surface area contributed by atoms with Crippen molar-refractivity contribution in [3.8, 4) is 0 Å². The largest absolute Gasteiger partial charge is 0.466 e. The summed E-state index contributed by atoms with van der Waals surface area (Å²) in [6.07, 6.45) is 23.9. The van der Waals surface area contributed by atoms with Crippen LogP contribution in [0, 0.1) is 0 Å². The van der Waals surface area contributed by atoms with E-state index in [1.165, 1.54) is 89.9 Å². The first kappa shape index (κ1) is 28.9. The molecule has 0 atom stereocenters. The first-order chi connectivity index (χ1) is 12.8. The second-order valence-electron chi connectivity index (χ2n) is 7.77. The predicted molar refractivity (Wildman–Crippen MR) is 121 cm³/mol. The lowest BCUT2D eigenvalue weighted by molar-refractivity contribution is -0.143. The normalized spacial score (nSPS) is 10.6. The Morgan fingerprint density at radius 1 is 0.630 bits per heavy atom. The van der Waals surface area contributed by atoms with E-state index >= 15 is 0 Å². The molecule has 0 aromatic heterocycles. The molecule has 0 unspecified atom stereocenters. The Hall–Kier alpha value is -0.280. The molecule has 164 valence electrons. The number of unbranched alkanes of at least 4 members (excludes halogenated alkanes) is 16. The molecule has 0 spiro atoms. The molecule has 0 amide bonds. The van der Waals surface area contributed by atoms with Crippen molar-refractivity contribution in [3.63, 3.8) is 0 Å². The van der Waals surface area contributed by atoms with Crippen molar-refractivity contribution >= 4 is 18.4 Å². The zero-order valence-corrected chi connectivity index (χ0v) is 19.0. The molecule has 3 nitrogen and oxygen atoms in total. The van der Waals surface area contributed by atoms with Crippen LogP contribution in [0.25, 0.3) is 0 Å². The fraction of sp³-hybridized carbons (Fsp3) is 0.957. The number of rotatable bonds is 21. The maximum atomic E-state index is 11.6. The Labute approximate surface area is 176 Å². The Morgan fingerprint density at radius 2 is 1.04 bits per heavy atom. The molecule has 0 fully saturated rings. The van der Waals surface area contributed by atoms with Gasteiger partial charge in [-0.3, -0.25) is 4.79 Å². The summed E-state index contributed by atoms with van der Waals surface area (Å²) in [6, 6.07) is 0. The van der Waals surface area contributed by atoms with Gasteiger partial charge in [0.1, 0.15) is 0 Å². The van der Waals surface area contributed by atoms with Crippen molar-refractivity contribution in [3.05, 3.63) is 0 Å². The maximum absolute atomic E-state index is 11.6. The Kier molecular flexibility index (Phi) is 27.6. The van der Waals surface area contributed by atoms with E-state index in [4.69, 9.17) is 10.5 Å². The van der Waals surface area contributed by atoms with Crippen LogP contribution in [0.3, 0.4) is 0 Å². The zero-order valence-electron chi connectivity index (χ0n) is 18.2. The van der Waals surface area contributed by atoms with Crippen molar-refractivity contribution in [2.24, 2.45) is 5.73 Å². The zero-order chi connectivity index (χ0) is 19.1. The van der Waals surface area contributed by atoms with Gasteiger partial charge in [-0.05, 0) is 32.2 Å². The van der Waals surface area contributed by atoms with Crippen LogP contribution in [0.2, 0.25) is 0 Å². The van der Waals surface area contributed by atoms with Crippen molar-refractivity contribution in [2.75, 3.05) is 13.2 Å². The lowest BCUT2D eigenvalue weighted by atomic mass is 10.0. The molecule has 0 saturated carbocycles. The molecule has 0 aliphatic carbocycles. The molecule has 0 bridgehead atoms. The van der Waals surface area contributed by atoms with E-state index in [9.17, 15) is 4.79 Å². The predicted octanol–water partition coefficient (Wildman–Crippen LogP) is 7.34. The van der Waals surface area contributed by atoms with Crippen LogP contribution in [0.5, 0.6) is 0 Å². The van der Waals surface area contributed by atoms with Crippen molar-refractivity contribution in [1.29, 1.82) is 0 Å². The quantitative estimate of drug-likeness (QED) is 0.160. The molecule has 0 aliphatic heterocycles. The van der Waals surface area contributed by atoms with E-state index in [0.29, 0.717) is 13.0 Å². The summed E-state index contributed by atoms with van der Waals surface area (Å²) >= 11 is 0. The number of halogens is 1. The fourth-order valence-electron chi connectivity index (χ4n) is 3.32. The third kappa shape index (κ3) is 25.7. The lowest BCUT2D eigenvalue weighted by Gasteiger charge is -2.05.